The van der Waals surface area contributed by atoms with E-state index in [1.807, 2.05) is 22.8 Å². The number of aromatic nitrogens is 2. The summed E-state index contributed by atoms with van der Waals surface area (Å²) in [4.78, 5) is 4.08. The zero-order valence-electron chi connectivity index (χ0n) is 20.3. The highest BCUT2D eigenvalue weighted by Crippen LogP contribution is 2.61. The van der Waals surface area contributed by atoms with Crippen LogP contribution in [-0.4, -0.2) is 28.1 Å². The van der Waals surface area contributed by atoms with Gasteiger partial charge < -0.3 is 4.74 Å². The van der Waals surface area contributed by atoms with Crippen molar-refractivity contribution in [3.63, 3.8) is 0 Å². The normalized spacial score (nSPS) is 26.7. The van der Waals surface area contributed by atoms with Gasteiger partial charge in [0.2, 0.25) is 0 Å². The first-order valence-corrected chi connectivity index (χ1v) is 12.7. The minimum atomic E-state index is 0.0804. The van der Waals surface area contributed by atoms with Crippen LogP contribution in [0.25, 0.3) is 5.52 Å². The molecule has 4 bridgehead atoms. The third-order valence-electron chi connectivity index (χ3n) is 7.72. The molecule has 4 aliphatic rings. The molecule has 0 unspecified atom stereocenters. The number of fused-ring (bicyclic) bond motifs is 1. The van der Waals surface area contributed by atoms with Gasteiger partial charge in [-0.3, -0.25) is 0 Å². The molecule has 0 aromatic carbocycles. The predicted molar refractivity (Wildman–Crippen MR) is 128 cm³/mol. The molecule has 0 saturated heterocycles. The number of nitrogens with zero attached hydrogens (tertiary/aromatic N) is 2. The summed E-state index contributed by atoms with van der Waals surface area (Å²) in [6.07, 6.45) is 16.8. The van der Waals surface area contributed by atoms with Crippen LogP contribution in [0.5, 0.6) is 0 Å². The van der Waals surface area contributed by atoms with Crippen LogP contribution in [0.1, 0.15) is 76.8 Å². The van der Waals surface area contributed by atoms with E-state index in [1.54, 1.807) is 45.4 Å². The molecule has 0 amide bonds. The van der Waals surface area contributed by atoms with Crippen LogP contribution in [0, 0.1) is 35.0 Å². The van der Waals surface area contributed by atoms with E-state index in [2.05, 4.69) is 44.0 Å². The fraction of sp³-hybridized carbons (Fsp3) is 0.667. The largest absolute Gasteiger partial charge is 0.375 e. The van der Waals surface area contributed by atoms with E-state index in [9.17, 15) is 0 Å². The van der Waals surface area contributed by atoms with Crippen molar-refractivity contribution in [1.29, 1.82) is 0 Å². The first-order chi connectivity index (χ1) is 16.7. The van der Waals surface area contributed by atoms with Crippen molar-refractivity contribution in [3.05, 3.63) is 36.2 Å². The lowest BCUT2D eigenvalue weighted by Gasteiger charge is -2.57. The van der Waals surface area contributed by atoms with Gasteiger partial charge in [-0.1, -0.05) is 24.8 Å². The van der Waals surface area contributed by atoms with Crippen molar-refractivity contribution >= 4 is 5.52 Å². The van der Waals surface area contributed by atoms with Crippen LogP contribution in [0.15, 0.2) is 30.5 Å². The summed E-state index contributed by atoms with van der Waals surface area (Å²) in [6, 6.07) is 8.26. The Morgan fingerprint density at radius 3 is 2.53 bits per heavy atom. The van der Waals surface area contributed by atoms with Gasteiger partial charge in [0.05, 0.1) is 17.8 Å². The zero-order valence-corrected chi connectivity index (χ0v) is 20.3. The second-order valence-electron chi connectivity index (χ2n) is 10.3. The lowest BCUT2D eigenvalue weighted by molar-refractivity contribution is -0.620. The summed E-state index contributed by atoms with van der Waals surface area (Å²) < 4.78 is 7.79. The van der Waals surface area contributed by atoms with Gasteiger partial charge in [-0.05, 0) is 110 Å². The Kier molecular flexibility index (Phi) is 9.37. The molecule has 6 rings (SSSR count). The van der Waals surface area contributed by atoms with Crippen LogP contribution in [0.3, 0.4) is 0 Å². The van der Waals surface area contributed by atoms with Crippen LogP contribution >= 0.6 is 0 Å². The number of hydrogen-bond acceptors (Lipinski definition) is 6. The highest BCUT2D eigenvalue weighted by molar-refractivity contribution is 5.46. The lowest BCUT2D eigenvalue weighted by atomic mass is 9.48. The molecule has 4 saturated carbocycles. The minimum absolute atomic E-state index is 0.0804. The van der Waals surface area contributed by atoms with Crippen molar-refractivity contribution in [2.45, 2.75) is 77.7 Å². The average Bonchev–Trinajstić information content (AvgIpc) is 3.24. The number of ether oxygens (including phenoxy) is 1. The van der Waals surface area contributed by atoms with Gasteiger partial charge in [0.25, 0.3) is 0 Å². The molecule has 4 aliphatic carbocycles. The molecule has 0 atom stereocenters. The molecule has 2 aromatic heterocycles. The van der Waals surface area contributed by atoms with Crippen LogP contribution in [0.4, 0.5) is 0 Å². The van der Waals surface area contributed by atoms with Gasteiger partial charge >= 0.3 is 0 Å². The Labute approximate surface area is 202 Å². The first-order valence-electron chi connectivity index (χ1n) is 12.7. The zero-order chi connectivity index (χ0) is 23.6. The number of pyridine rings is 1. The molecule has 4 fully saturated rings. The molecule has 2 heterocycles. The van der Waals surface area contributed by atoms with Gasteiger partial charge in [-0.25, -0.2) is 9.77 Å². The molecular weight excluding hydrogens is 432 g/mol. The van der Waals surface area contributed by atoms with Crippen LogP contribution in [-0.2, 0) is 26.3 Å². The summed E-state index contributed by atoms with van der Waals surface area (Å²) >= 11 is 0. The maximum atomic E-state index is 7.47. The van der Waals surface area contributed by atoms with Crippen molar-refractivity contribution in [2.24, 2.45) is 23.2 Å². The summed E-state index contributed by atoms with van der Waals surface area (Å²) in [5.74, 6) is 8.31. The number of unbranched alkanes of at least 4 members (excludes halogenated alkanes) is 2. The van der Waals surface area contributed by atoms with Gasteiger partial charge in [-0.2, -0.15) is 9.99 Å². The highest BCUT2D eigenvalue weighted by atomic mass is 17.6. The predicted octanol–water partition coefficient (Wildman–Crippen LogP) is 5.99. The van der Waals surface area contributed by atoms with Crippen LogP contribution < -0.4 is 0 Å². The molecule has 7 heteroatoms. The molecular formula is C27H38N2O5. The summed E-state index contributed by atoms with van der Waals surface area (Å²) in [5, 5.41) is 18.7. The number of hydrogen-bond donors (Lipinski definition) is 1. The van der Waals surface area contributed by atoms with E-state index >= 15 is 0 Å². The topological polar surface area (TPSA) is 74.5 Å². The Bertz CT molecular complexity index is 879. The monoisotopic (exact) mass is 470 g/mol. The van der Waals surface area contributed by atoms with Gasteiger partial charge in [-0.15, -0.1) is 5.92 Å². The van der Waals surface area contributed by atoms with E-state index < -0.39 is 0 Å². The van der Waals surface area contributed by atoms with E-state index in [4.69, 9.17) is 9.99 Å². The smallest absolute Gasteiger partial charge is 0.146 e. The third kappa shape index (κ3) is 7.03. The maximum Gasteiger partial charge on any atom is 0.146 e. The Hall–Kier alpha value is -1.95. The summed E-state index contributed by atoms with van der Waals surface area (Å²) in [7, 11) is 0. The van der Waals surface area contributed by atoms with Crippen molar-refractivity contribution in [3.8, 4) is 11.8 Å². The van der Waals surface area contributed by atoms with E-state index in [1.165, 1.54) is 25.7 Å². The van der Waals surface area contributed by atoms with Gasteiger partial charge in [0.15, 0.2) is 0 Å². The highest BCUT2D eigenvalue weighted by Gasteiger charge is 2.50. The molecule has 2 aromatic rings. The van der Waals surface area contributed by atoms with E-state index in [0.29, 0.717) is 6.61 Å². The summed E-state index contributed by atoms with van der Waals surface area (Å²) in [5.41, 5.74) is 2.93. The quantitative estimate of drug-likeness (QED) is 0.188. The molecule has 0 aliphatic heterocycles. The molecule has 7 nitrogen and oxygen atoms in total. The maximum absolute atomic E-state index is 7.47. The first kappa shape index (κ1) is 25.2. The average molecular weight is 471 g/mol. The Morgan fingerprint density at radius 2 is 1.85 bits per heavy atom. The third-order valence-corrected chi connectivity index (χ3v) is 7.72. The fourth-order valence-electron chi connectivity index (χ4n) is 6.86. The molecule has 34 heavy (non-hydrogen) atoms. The Morgan fingerprint density at radius 1 is 1.09 bits per heavy atom. The minimum Gasteiger partial charge on any atom is -0.375 e. The Balaban J connectivity index is 0.000000297. The second-order valence-corrected chi connectivity index (χ2v) is 10.3. The standard InChI is InChI=1S/C23H32N2O.C4H6O4/c1(3-7-23-14-18-10-19(15-23)12-20(11-18)16-23)5-9-26-17-21-13-22-6-2-4-8-25(22)24-21;1-2-3-4-6-8-7-5/h2,4,6,8,13,18-20H,1,3,5,7,9-12,14-17H2;5H,4H2,1H3. The molecule has 0 spiro atoms. The van der Waals surface area contributed by atoms with E-state index in [0.717, 1.165) is 41.0 Å². The van der Waals surface area contributed by atoms with Crippen LogP contribution in [0.2, 0.25) is 0 Å². The number of rotatable bonds is 11. The molecule has 186 valence electrons. The second kappa shape index (κ2) is 12.7. The van der Waals surface area contributed by atoms with Crippen molar-refractivity contribution in [1.82, 2.24) is 9.61 Å². The molecule has 1 N–H and O–H groups in total. The van der Waals surface area contributed by atoms with Gasteiger partial charge in [0, 0.05) is 12.8 Å². The van der Waals surface area contributed by atoms with E-state index in [-0.39, 0.29) is 6.61 Å². The van der Waals surface area contributed by atoms with Crippen molar-refractivity contribution < 1.29 is 25.0 Å². The lowest BCUT2D eigenvalue weighted by Crippen LogP contribution is -2.45. The van der Waals surface area contributed by atoms with Crippen molar-refractivity contribution in [2.75, 3.05) is 13.2 Å². The summed E-state index contributed by atoms with van der Waals surface area (Å²) in [6.45, 7) is 3.24. The fourth-order valence-corrected chi connectivity index (χ4v) is 6.86. The molecule has 0 radical (unpaired) electrons. The van der Waals surface area contributed by atoms with Gasteiger partial charge in [0.1, 0.15) is 6.61 Å². The SMILES string of the molecule is CC#CCOOOO.c1ccn2nc(COCCCCCC34CC5CC(CC(C5)C3)C4)cc2c1.